The predicted octanol–water partition coefficient (Wildman–Crippen LogP) is 3.83. The van der Waals surface area contributed by atoms with Crippen molar-refractivity contribution >= 4 is 17.3 Å². The van der Waals surface area contributed by atoms with Crippen LogP contribution < -0.4 is 19.3 Å². The van der Waals surface area contributed by atoms with E-state index in [4.69, 9.17) is 21.1 Å². The molecule has 1 saturated heterocycles. The normalized spacial score (nSPS) is 14.5. The molecular weight excluding hydrogens is 396 g/mol. The summed E-state index contributed by atoms with van der Waals surface area (Å²) < 4.78 is 11.6. The highest BCUT2D eigenvalue weighted by atomic mass is 35.5. The Kier molecular flexibility index (Phi) is 6.77. The van der Waals surface area contributed by atoms with E-state index in [9.17, 15) is 0 Å². The van der Waals surface area contributed by atoms with Crippen LogP contribution in [-0.2, 0) is 13.2 Å². The van der Waals surface area contributed by atoms with Crippen LogP contribution in [0.25, 0.3) is 0 Å². The molecule has 0 bridgehead atoms. The second kappa shape index (κ2) is 9.88. The van der Waals surface area contributed by atoms with Gasteiger partial charge in [0.15, 0.2) is 11.5 Å². The number of piperazine rings is 1. The zero-order chi connectivity index (χ0) is 20.8. The number of rotatable bonds is 7. The maximum absolute atomic E-state index is 6.14. The number of anilines is 1. The molecule has 1 heterocycles. The minimum absolute atomic E-state index is 0.535. The number of hydrogen-bond donors (Lipinski definition) is 1. The zero-order valence-electron chi connectivity index (χ0n) is 17.3. The van der Waals surface area contributed by atoms with Crippen molar-refractivity contribution in [3.63, 3.8) is 0 Å². The van der Waals surface area contributed by atoms with Crippen LogP contribution in [0.15, 0.2) is 72.8 Å². The van der Waals surface area contributed by atoms with Gasteiger partial charge in [-0.05, 0) is 42.0 Å². The fourth-order valence-corrected chi connectivity index (χ4v) is 4.08. The highest BCUT2D eigenvalue weighted by Crippen LogP contribution is 2.28. The zero-order valence-corrected chi connectivity index (χ0v) is 18.1. The number of halogens is 1. The highest BCUT2D eigenvalue weighted by molar-refractivity contribution is 6.30. The second-order valence-electron chi connectivity index (χ2n) is 7.65. The average molecular weight is 424 g/mol. The molecule has 1 aliphatic rings. The van der Waals surface area contributed by atoms with Crippen molar-refractivity contribution in [1.29, 1.82) is 0 Å². The molecule has 4 nitrogen and oxygen atoms in total. The molecule has 0 aromatic heterocycles. The molecule has 156 valence electrons. The molecule has 0 radical (unpaired) electrons. The van der Waals surface area contributed by atoms with Crippen LogP contribution in [-0.4, -0.2) is 33.3 Å². The molecule has 1 fully saturated rings. The molecule has 0 amide bonds. The maximum Gasteiger partial charge on any atom is 0.161 e. The summed E-state index contributed by atoms with van der Waals surface area (Å²) in [6, 6.07) is 24.6. The molecular formula is C25H28ClN2O2+. The van der Waals surface area contributed by atoms with Crippen molar-refractivity contribution in [2.24, 2.45) is 0 Å². The lowest BCUT2D eigenvalue weighted by atomic mass is 10.1. The van der Waals surface area contributed by atoms with Crippen molar-refractivity contribution in [1.82, 2.24) is 0 Å². The predicted molar refractivity (Wildman–Crippen MR) is 122 cm³/mol. The second-order valence-corrected chi connectivity index (χ2v) is 8.09. The van der Waals surface area contributed by atoms with Gasteiger partial charge in [0.2, 0.25) is 0 Å². The van der Waals surface area contributed by atoms with Gasteiger partial charge >= 0.3 is 0 Å². The summed E-state index contributed by atoms with van der Waals surface area (Å²) in [5.41, 5.74) is 3.62. The van der Waals surface area contributed by atoms with E-state index in [-0.39, 0.29) is 0 Å². The van der Waals surface area contributed by atoms with Crippen LogP contribution >= 0.6 is 11.6 Å². The van der Waals surface area contributed by atoms with Gasteiger partial charge < -0.3 is 19.3 Å². The minimum atomic E-state index is 0.535. The van der Waals surface area contributed by atoms with E-state index in [1.807, 2.05) is 42.5 Å². The quantitative estimate of drug-likeness (QED) is 0.625. The van der Waals surface area contributed by atoms with Crippen LogP contribution in [0.4, 0.5) is 5.69 Å². The van der Waals surface area contributed by atoms with Gasteiger partial charge in [-0.2, -0.15) is 0 Å². The van der Waals surface area contributed by atoms with Crippen LogP contribution in [0.1, 0.15) is 11.1 Å². The third kappa shape index (κ3) is 5.26. The van der Waals surface area contributed by atoms with E-state index in [1.54, 1.807) is 12.0 Å². The number of benzene rings is 3. The maximum atomic E-state index is 6.14. The molecule has 0 spiro atoms. The topological polar surface area (TPSA) is 26.1 Å². The Morgan fingerprint density at radius 1 is 0.867 bits per heavy atom. The molecule has 0 saturated carbocycles. The fourth-order valence-electron chi connectivity index (χ4n) is 3.90. The molecule has 0 atom stereocenters. The summed E-state index contributed by atoms with van der Waals surface area (Å²) in [6.45, 7) is 5.78. The standard InChI is InChI=1S/C25H27ClN2O2/c1-29-25-16-21(10-11-24(25)30-19-20-6-3-2-4-7-20)18-27-12-14-28(15-13-27)23-9-5-8-22(26)17-23/h2-11,16-17H,12-15,18-19H2,1H3/p+1. The van der Waals surface area contributed by atoms with Crippen LogP contribution in [0.5, 0.6) is 11.5 Å². The summed E-state index contributed by atoms with van der Waals surface area (Å²) in [4.78, 5) is 3.99. The van der Waals surface area contributed by atoms with Gasteiger partial charge in [0, 0.05) is 16.3 Å². The Bertz CT molecular complexity index is 956. The van der Waals surface area contributed by atoms with Crippen LogP contribution in [0, 0.1) is 0 Å². The molecule has 30 heavy (non-hydrogen) atoms. The number of quaternary nitrogens is 1. The minimum Gasteiger partial charge on any atom is -0.493 e. The highest BCUT2D eigenvalue weighted by Gasteiger charge is 2.21. The number of nitrogens with one attached hydrogen (secondary N) is 1. The Hall–Kier alpha value is -2.69. The smallest absolute Gasteiger partial charge is 0.161 e. The van der Waals surface area contributed by atoms with Crippen molar-refractivity contribution in [2.75, 3.05) is 38.2 Å². The number of nitrogens with zero attached hydrogens (tertiary/aromatic N) is 1. The Labute approximate surface area is 183 Å². The Morgan fingerprint density at radius 3 is 2.40 bits per heavy atom. The number of methoxy groups -OCH3 is 1. The first-order chi connectivity index (χ1) is 14.7. The third-order valence-corrected chi connectivity index (χ3v) is 5.80. The molecule has 5 heteroatoms. The number of ether oxygens (including phenoxy) is 2. The SMILES string of the molecule is COc1cc(C[NH+]2CCN(c3cccc(Cl)c3)CC2)ccc1OCc1ccccc1. The molecule has 1 N–H and O–H groups in total. The molecule has 3 aromatic rings. The summed E-state index contributed by atoms with van der Waals surface area (Å²) in [6.07, 6.45) is 0. The van der Waals surface area contributed by atoms with Gasteiger partial charge in [-0.1, -0.05) is 48.0 Å². The first-order valence-corrected chi connectivity index (χ1v) is 10.8. The monoisotopic (exact) mass is 423 g/mol. The van der Waals surface area contributed by atoms with Crippen LogP contribution in [0.2, 0.25) is 5.02 Å². The number of hydrogen-bond acceptors (Lipinski definition) is 3. The largest absolute Gasteiger partial charge is 0.493 e. The lowest BCUT2D eigenvalue weighted by molar-refractivity contribution is -0.914. The summed E-state index contributed by atoms with van der Waals surface area (Å²) in [5, 5.41) is 0.795. The van der Waals surface area contributed by atoms with Crippen LogP contribution in [0.3, 0.4) is 0 Å². The van der Waals surface area contributed by atoms with Crippen molar-refractivity contribution in [3.05, 3.63) is 88.9 Å². The molecule has 4 rings (SSSR count). The fraction of sp³-hybridized carbons (Fsp3) is 0.280. The van der Waals surface area contributed by atoms with E-state index in [0.29, 0.717) is 6.61 Å². The van der Waals surface area contributed by atoms with Crippen molar-refractivity contribution < 1.29 is 14.4 Å². The Balaban J connectivity index is 1.33. The first-order valence-electron chi connectivity index (χ1n) is 10.4. The van der Waals surface area contributed by atoms with Crippen molar-refractivity contribution in [2.45, 2.75) is 13.2 Å². The first kappa shape index (κ1) is 20.6. The van der Waals surface area contributed by atoms with E-state index < -0.39 is 0 Å². The lowest BCUT2D eigenvalue weighted by Crippen LogP contribution is -3.13. The molecule has 0 unspecified atom stereocenters. The average Bonchev–Trinajstić information content (AvgIpc) is 2.79. The van der Waals surface area contributed by atoms with Gasteiger partial charge in [0.1, 0.15) is 13.2 Å². The van der Waals surface area contributed by atoms with E-state index in [1.165, 1.54) is 11.3 Å². The molecule has 0 aliphatic carbocycles. The van der Waals surface area contributed by atoms with E-state index in [2.05, 4.69) is 35.2 Å². The Morgan fingerprint density at radius 2 is 1.67 bits per heavy atom. The van der Waals surface area contributed by atoms with E-state index in [0.717, 1.165) is 54.8 Å². The molecule has 1 aliphatic heterocycles. The summed E-state index contributed by atoms with van der Waals surface area (Å²) in [7, 11) is 1.70. The summed E-state index contributed by atoms with van der Waals surface area (Å²) in [5.74, 6) is 1.58. The van der Waals surface area contributed by atoms with Gasteiger partial charge in [-0.25, -0.2) is 0 Å². The van der Waals surface area contributed by atoms with Crippen molar-refractivity contribution in [3.8, 4) is 11.5 Å². The molecule has 3 aromatic carbocycles. The third-order valence-electron chi connectivity index (χ3n) is 5.56. The lowest BCUT2D eigenvalue weighted by Gasteiger charge is -2.33. The van der Waals surface area contributed by atoms with E-state index >= 15 is 0 Å². The van der Waals surface area contributed by atoms with Gasteiger partial charge in [-0.15, -0.1) is 0 Å². The summed E-state index contributed by atoms with van der Waals surface area (Å²) >= 11 is 6.14. The van der Waals surface area contributed by atoms with Gasteiger partial charge in [0.05, 0.1) is 33.3 Å². The van der Waals surface area contributed by atoms with Gasteiger partial charge in [-0.3, -0.25) is 0 Å². The van der Waals surface area contributed by atoms with Gasteiger partial charge in [0.25, 0.3) is 0 Å².